The Labute approximate surface area is 130 Å². The second-order valence-electron chi connectivity index (χ2n) is 5.27. The summed E-state index contributed by atoms with van der Waals surface area (Å²) in [6.45, 7) is 5.31. The Bertz CT molecular complexity index is 469. The monoisotopic (exact) mass is 331 g/mol. The van der Waals surface area contributed by atoms with E-state index in [4.69, 9.17) is 0 Å². The number of likely N-dealkylation sites (N-methyl/N-ethyl adjacent to an activating group) is 1. The van der Waals surface area contributed by atoms with Gasteiger partial charge in [-0.15, -0.1) is 0 Å². The molecule has 2 aromatic rings. The van der Waals surface area contributed by atoms with Gasteiger partial charge >= 0.3 is 0 Å². The molecule has 1 nitrogen and oxygen atoms in total. The first-order valence-corrected chi connectivity index (χ1v) is 8.00. The van der Waals surface area contributed by atoms with Gasteiger partial charge in [0.15, 0.2) is 0 Å². The summed E-state index contributed by atoms with van der Waals surface area (Å²) in [5, 5.41) is 3.60. The van der Waals surface area contributed by atoms with E-state index in [0.29, 0.717) is 6.04 Å². The molecule has 1 unspecified atom stereocenters. The maximum absolute atomic E-state index is 3.60. The maximum atomic E-state index is 3.60. The minimum Gasteiger partial charge on any atom is -0.314 e. The van der Waals surface area contributed by atoms with E-state index in [1.54, 1.807) is 0 Å². The van der Waals surface area contributed by atoms with Crippen LogP contribution < -0.4 is 5.32 Å². The first kappa shape index (κ1) is 15.3. The number of hydrogen-bond donors (Lipinski definition) is 1. The van der Waals surface area contributed by atoms with Gasteiger partial charge in [0.05, 0.1) is 0 Å². The molecule has 0 bridgehead atoms. The van der Waals surface area contributed by atoms with Crippen molar-refractivity contribution >= 4 is 15.9 Å². The van der Waals surface area contributed by atoms with E-state index >= 15 is 0 Å². The van der Waals surface area contributed by atoms with Gasteiger partial charge in [-0.2, -0.15) is 0 Å². The molecular formula is C18H22BrN. The van der Waals surface area contributed by atoms with Crippen molar-refractivity contribution in [3.05, 3.63) is 69.7 Å². The molecule has 0 aliphatic heterocycles. The van der Waals surface area contributed by atoms with Gasteiger partial charge in [-0.05, 0) is 49.6 Å². The van der Waals surface area contributed by atoms with E-state index in [0.717, 1.165) is 23.9 Å². The minimum atomic E-state index is 0.490. The average Bonchev–Trinajstić information content (AvgIpc) is 2.44. The molecule has 1 atom stereocenters. The molecule has 0 aromatic heterocycles. The molecule has 20 heavy (non-hydrogen) atoms. The minimum absolute atomic E-state index is 0.490. The topological polar surface area (TPSA) is 12.0 Å². The van der Waals surface area contributed by atoms with Crippen LogP contribution in [0.3, 0.4) is 0 Å². The van der Waals surface area contributed by atoms with Gasteiger partial charge in [0.25, 0.3) is 0 Å². The lowest BCUT2D eigenvalue weighted by Gasteiger charge is -2.18. The molecule has 0 fully saturated rings. The van der Waals surface area contributed by atoms with Gasteiger partial charge < -0.3 is 5.32 Å². The molecule has 0 aliphatic rings. The molecule has 0 saturated heterocycles. The highest BCUT2D eigenvalue weighted by Crippen LogP contribution is 2.14. The Morgan fingerprint density at radius 2 is 1.40 bits per heavy atom. The van der Waals surface area contributed by atoms with Crippen molar-refractivity contribution in [3.63, 3.8) is 0 Å². The molecule has 0 aliphatic carbocycles. The normalized spacial score (nSPS) is 12.3. The zero-order valence-corrected chi connectivity index (χ0v) is 13.8. The van der Waals surface area contributed by atoms with Crippen molar-refractivity contribution in [1.29, 1.82) is 0 Å². The highest BCUT2D eigenvalue weighted by molar-refractivity contribution is 9.10. The van der Waals surface area contributed by atoms with Crippen LogP contribution in [0.4, 0.5) is 0 Å². The standard InChI is InChI=1S/C18H22BrN/c1-3-20-18(12-15-6-4-14(2)5-7-15)13-16-8-10-17(19)11-9-16/h4-11,18,20H,3,12-13H2,1-2H3. The molecule has 0 saturated carbocycles. The fourth-order valence-corrected chi connectivity index (χ4v) is 2.68. The Hall–Kier alpha value is -1.12. The van der Waals surface area contributed by atoms with Crippen molar-refractivity contribution in [2.45, 2.75) is 32.7 Å². The van der Waals surface area contributed by atoms with Gasteiger partial charge in [-0.25, -0.2) is 0 Å². The zero-order valence-electron chi connectivity index (χ0n) is 12.2. The molecule has 0 heterocycles. The molecule has 106 valence electrons. The predicted molar refractivity (Wildman–Crippen MR) is 90.2 cm³/mol. The molecular weight excluding hydrogens is 310 g/mol. The van der Waals surface area contributed by atoms with E-state index in [1.165, 1.54) is 16.7 Å². The van der Waals surface area contributed by atoms with Crippen LogP contribution in [0.2, 0.25) is 0 Å². The number of hydrogen-bond acceptors (Lipinski definition) is 1. The predicted octanol–water partition coefficient (Wildman–Crippen LogP) is 4.52. The van der Waals surface area contributed by atoms with Crippen LogP contribution in [-0.2, 0) is 12.8 Å². The summed E-state index contributed by atoms with van der Waals surface area (Å²) in [5.41, 5.74) is 4.10. The van der Waals surface area contributed by atoms with Gasteiger partial charge in [0, 0.05) is 10.5 Å². The molecule has 0 amide bonds. The largest absolute Gasteiger partial charge is 0.314 e. The molecule has 2 heteroatoms. The van der Waals surface area contributed by atoms with E-state index in [1.807, 2.05) is 0 Å². The van der Waals surface area contributed by atoms with Crippen LogP contribution >= 0.6 is 15.9 Å². The van der Waals surface area contributed by atoms with Gasteiger partial charge in [0.2, 0.25) is 0 Å². The number of aryl methyl sites for hydroxylation is 1. The van der Waals surface area contributed by atoms with Crippen molar-refractivity contribution < 1.29 is 0 Å². The Kier molecular flexibility index (Phi) is 5.81. The summed E-state index contributed by atoms with van der Waals surface area (Å²) in [4.78, 5) is 0. The highest BCUT2D eigenvalue weighted by Gasteiger charge is 2.09. The van der Waals surface area contributed by atoms with Crippen LogP contribution in [-0.4, -0.2) is 12.6 Å². The second kappa shape index (κ2) is 7.61. The van der Waals surface area contributed by atoms with E-state index in [-0.39, 0.29) is 0 Å². The number of rotatable bonds is 6. The van der Waals surface area contributed by atoms with E-state index < -0.39 is 0 Å². The van der Waals surface area contributed by atoms with Crippen molar-refractivity contribution in [2.24, 2.45) is 0 Å². The number of halogens is 1. The summed E-state index contributed by atoms with van der Waals surface area (Å²) in [7, 11) is 0. The zero-order chi connectivity index (χ0) is 14.4. The van der Waals surface area contributed by atoms with E-state index in [9.17, 15) is 0 Å². The van der Waals surface area contributed by atoms with Crippen molar-refractivity contribution in [3.8, 4) is 0 Å². The first-order chi connectivity index (χ1) is 9.67. The summed E-state index contributed by atoms with van der Waals surface area (Å²) in [6.07, 6.45) is 2.14. The summed E-state index contributed by atoms with van der Waals surface area (Å²) >= 11 is 3.49. The van der Waals surface area contributed by atoms with E-state index in [2.05, 4.69) is 83.6 Å². The second-order valence-corrected chi connectivity index (χ2v) is 6.19. The summed E-state index contributed by atoms with van der Waals surface area (Å²) in [5.74, 6) is 0. The number of nitrogens with one attached hydrogen (secondary N) is 1. The summed E-state index contributed by atoms with van der Waals surface area (Å²) in [6, 6.07) is 18.0. The first-order valence-electron chi connectivity index (χ1n) is 7.20. The lowest BCUT2D eigenvalue weighted by molar-refractivity contribution is 0.521. The maximum Gasteiger partial charge on any atom is 0.0175 e. The lowest BCUT2D eigenvalue weighted by Crippen LogP contribution is -2.33. The third kappa shape index (κ3) is 4.77. The van der Waals surface area contributed by atoms with Gasteiger partial charge in [0.1, 0.15) is 0 Å². The molecule has 2 rings (SSSR count). The van der Waals surface area contributed by atoms with Crippen LogP contribution in [0.5, 0.6) is 0 Å². The third-order valence-corrected chi connectivity index (χ3v) is 4.02. The third-order valence-electron chi connectivity index (χ3n) is 3.49. The fraction of sp³-hybridized carbons (Fsp3) is 0.333. The molecule has 1 N–H and O–H groups in total. The van der Waals surface area contributed by atoms with Gasteiger partial charge in [-0.3, -0.25) is 0 Å². The lowest BCUT2D eigenvalue weighted by atomic mass is 9.98. The Balaban J connectivity index is 2.02. The summed E-state index contributed by atoms with van der Waals surface area (Å²) < 4.78 is 1.14. The molecule has 0 radical (unpaired) electrons. The number of benzene rings is 2. The Morgan fingerprint density at radius 1 is 0.900 bits per heavy atom. The SMILES string of the molecule is CCNC(Cc1ccc(C)cc1)Cc1ccc(Br)cc1. The molecule has 2 aromatic carbocycles. The highest BCUT2D eigenvalue weighted by atomic mass is 79.9. The van der Waals surface area contributed by atoms with Crippen LogP contribution in [0.15, 0.2) is 53.0 Å². The average molecular weight is 332 g/mol. The van der Waals surface area contributed by atoms with Crippen LogP contribution in [0, 0.1) is 6.92 Å². The van der Waals surface area contributed by atoms with Crippen molar-refractivity contribution in [1.82, 2.24) is 5.32 Å². The fourth-order valence-electron chi connectivity index (χ4n) is 2.42. The van der Waals surface area contributed by atoms with Crippen molar-refractivity contribution in [2.75, 3.05) is 6.54 Å². The smallest absolute Gasteiger partial charge is 0.0175 e. The quantitative estimate of drug-likeness (QED) is 0.820. The van der Waals surface area contributed by atoms with Crippen LogP contribution in [0.25, 0.3) is 0 Å². The molecule has 0 spiro atoms. The van der Waals surface area contributed by atoms with Crippen LogP contribution in [0.1, 0.15) is 23.6 Å². The Morgan fingerprint density at radius 3 is 1.90 bits per heavy atom. The van der Waals surface area contributed by atoms with Gasteiger partial charge in [-0.1, -0.05) is 64.8 Å².